The van der Waals surface area contributed by atoms with Crippen molar-refractivity contribution in [2.45, 2.75) is 48.0 Å². The number of carbonyl (C=O) groups is 1. The number of hydrogen-bond acceptors (Lipinski definition) is 2. The zero-order chi connectivity index (χ0) is 12.9. The van der Waals surface area contributed by atoms with Crippen LogP contribution in [0, 0.1) is 17.3 Å². The maximum Gasteiger partial charge on any atom is 0.333 e. The van der Waals surface area contributed by atoms with E-state index < -0.39 is 0 Å². The van der Waals surface area contributed by atoms with Gasteiger partial charge in [0.1, 0.15) is 0 Å². The van der Waals surface area contributed by atoms with Crippen molar-refractivity contribution in [3.63, 3.8) is 0 Å². The maximum atomic E-state index is 11.3. The van der Waals surface area contributed by atoms with E-state index in [1.54, 1.807) is 6.92 Å². The Morgan fingerprint density at radius 3 is 2.12 bits per heavy atom. The van der Waals surface area contributed by atoms with Crippen molar-refractivity contribution in [1.82, 2.24) is 0 Å². The quantitative estimate of drug-likeness (QED) is 0.526. The van der Waals surface area contributed by atoms with E-state index in [0.29, 0.717) is 24.0 Å². The molecule has 0 aliphatic rings. The molecule has 2 nitrogen and oxygen atoms in total. The van der Waals surface area contributed by atoms with Gasteiger partial charge < -0.3 is 4.74 Å². The van der Waals surface area contributed by atoms with Crippen LogP contribution in [0.15, 0.2) is 12.2 Å². The van der Waals surface area contributed by atoms with Gasteiger partial charge in [-0.25, -0.2) is 4.79 Å². The Labute approximate surface area is 100 Å². The monoisotopic (exact) mass is 226 g/mol. The van der Waals surface area contributed by atoms with E-state index in [-0.39, 0.29) is 11.4 Å². The SMILES string of the molecule is C=C(C)C(=O)OCC(CC(C)(C)C)C(C)C. The third kappa shape index (κ3) is 6.65. The van der Waals surface area contributed by atoms with Gasteiger partial charge in [0.15, 0.2) is 0 Å². The summed E-state index contributed by atoms with van der Waals surface area (Å²) < 4.78 is 5.23. The summed E-state index contributed by atoms with van der Waals surface area (Å²) in [6, 6.07) is 0. The number of esters is 1. The fourth-order valence-electron chi connectivity index (χ4n) is 1.58. The van der Waals surface area contributed by atoms with Gasteiger partial charge in [-0.1, -0.05) is 41.2 Å². The molecular formula is C14H26O2. The van der Waals surface area contributed by atoms with Gasteiger partial charge in [-0.3, -0.25) is 0 Å². The first kappa shape index (κ1) is 15.2. The van der Waals surface area contributed by atoms with E-state index in [1.807, 2.05) is 0 Å². The molecular weight excluding hydrogens is 200 g/mol. The summed E-state index contributed by atoms with van der Waals surface area (Å²) in [5.74, 6) is 0.667. The second kappa shape index (κ2) is 6.07. The van der Waals surface area contributed by atoms with Crippen molar-refractivity contribution < 1.29 is 9.53 Å². The molecule has 16 heavy (non-hydrogen) atoms. The Kier molecular flexibility index (Phi) is 5.77. The molecule has 1 unspecified atom stereocenters. The van der Waals surface area contributed by atoms with E-state index in [9.17, 15) is 4.79 Å². The minimum atomic E-state index is -0.278. The van der Waals surface area contributed by atoms with Crippen LogP contribution in [0.5, 0.6) is 0 Å². The normalized spacial score (nSPS) is 13.7. The van der Waals surface area contributed by atoms with Crippen molar-refractivity contribution >= 4 is 5.97 Å². The van der Waals surface area contributed by atoms with Gasteiger partial charge in [0.05, 0.1) is 6.61 Å². The van der Waals surface area contributed by atoms with Gasteiger partial charge in [-0.2, -0.15) is 0 Å². The van der Waals surface area contributed by atoms with Crippen LogP contribution in [-0.4, -0.2) is 12.6 Å². The molecule has 0 aromatic carbocycles. The average molecular weight is 226 g/mol. The van der Waals surface area contributed by atoms with E-state index >= 15 is 0 Å². The summed E-state index contributed by atoms with van der Waals surface area (Å²) in [5, 5.41) is 0. The first-order valence-electron chi connectivity index (χ1n) is 5.96. The zero-order valence-corrected chi connectivity index (χ0v) is 11.6. The van der Waals surface area contributed by atoms with Crippen molar-refractivity contribution in [2.75, 3.05) is 6.61 Å². The number of rotatable bonds is 5. The predicted octanol–water partition coefficient (Wildman–Crippen LogP) is 3.81. The van der Waals surface area contributed by atoms with Gasteiger partial charge in [0, 0.05) is 5.57 Å². The lowest BCUT2D eigenvalue weighted by Gasteiger charge is -2.28. The largest absolute Gasteiger partial charge is 0.462 e. The number of ether oxygens (including phenoxy) is 1. The van der Waals surface area contributed by atoms with E-state index in [4.69, 9.17) is 4.74 Å². The Bertz CT molecular complexity index is 246. The maximum absolute atomic E-state index is 11.3. The standard InChI is InChI=1S/C14H26O2/c1-10(2)12(8-14(5,6)7)9-16-13(15)11(3)4/h10,12H,3,8-9H2,1-2,4-7H3. The third-order valence-electron chi connectivity index (χ3n) is 2.59. The number of hydrogen-bond donors (Lipinski definition) is 0. The summed E-state index contributed by atoms with van der Waals surface area (Å²) >= 11 is 0. The number of carbonyl (C=O) groups excluding carboxylic acids is 1. The van der Waals surface area contributed by atoms with Gasteiger partial charge in [0.2, 0.25) is 0 Å². The Morgan fingerprint density at radius 2 is 1.81 bits per heavy atom. The van der Waals surface area contributed by atoms with Crippen molar-refractivity contribution in [3.05, 3.63) is 12.2 Å². The predicted molar refractivity (Wildman–Crippen MR) is 68.2 cm³/mol. The molecule has 0 rings (SSSR count). The molecule has 94 valence electrons. The fraction of sp³-hybridized carbons (Fsp3) is 0.786. The van der Waals surface area contributed by atoms with E-state index in [2.05, 4.69) is 41.2 Å². The molecule has 0 saturated heterocycles. The van der Waals surface area contributed by atoms with Gasteiger partial charge in [-0.05, 0) is 30.6 Å². The second-order valence-electron chi connectivity index (χ2n) is 6.15. The Hall–Kier alpha value is -0.790. The molecule has 0 aliphatic carbocycles. The Morgan fingerprint density at radius 1 is 1.31 bits per heavy atom. The van der Waals surface area contributed by atoms with Gasteiger partial charge >= 0.3 is 5.97 Å². The summed E-state index contributed by atoms with van der Waals surface area (Å²) in [6.45, 7) is 16.7. The topological polar surface area (TPSA) is 26.3 Å². The van der Waals surface area contributed by atoms with Crippen LogP contribution in [0.4, 0.5) is 0 Å². The first-order chi connectivity index (χ1) is 7.13. The van der Waals surface area contributed by atoms with Crippen molar-refractivity contribution in [3.8, 4) is 0 Å². The smallest absolute Gasteiger partial charge is 0.333 e. The Balaban J connectivity index is 4.26. The molecule has 0 amide bonds. The molecule has 0 aliphatic heterocycles. The minimum absolute atomic E-state index is 0.268. The molecule has 0 aromatic heterocycles. The highest BCUT2D eigenvalue weighted by atomic mass is 16.5. The third-order valence-corrected chi connectivity index (χ3v) is 2.59. The van der Waals surface area contributed by atoms with E-state index in [1.165, 1.54) is 0 Å². The molecule has 0 aromatic rings. The van der Waals surface area contributed by atoms with Crippen LogP contribution in [0.1, 0.15) is 48.0 Å². The molecule has 0 saturated carbocycles. The lowest BCUT2D eigenvalue weighted by molar-refractivity contribution is -0.141. The zero-order valence-electron chi connectivity index (χ0n) is 11.6. The van der Waals surface area contributed by atoms with Crippen LogP contribution < -0.4 is 0 Å². The van der Waals surface area contributed by atoms with Crippen LogP contribution in [0.25, 0.3) is 0 Å². The minimum Gasteiger partial charge on any atom is -0.462 e. The molecule has 1 atom stereocenters. The van der Waals surface area contributed by atoms with Crippen LogP contribution in [0.2, 0.25) is 0 Å². The molecule has 0 fully saturated rings. The van der Waals surface area contributed by atoms with Crippen LogP contribution in [0.3, 0.4) is 0 Å². The lowest BCUT2D eigenvalue weighted by atomic mass is 9.80. The fourth-order valence-corrected chi connectivity index (χ4v) is 1.58. The first-order valence-corrected chi connectivity index (χ1v) is 5.96. The summed E-state index contributed by atoms with van der Waals surface area (Å²) in [6.07, 6.45) is 1.06. The summed E-state index contributed by atoms with van der Waals surface area (Å²) in [5.41, 5.74) is 0.739. The van der Waals surface area contributed by atoms with Gasteiger partial charge in [-0.15, -0.1) is 0 Å². The van der Waals surface area contributed by atoms with Crippen LogP contribution in [-0.2, 0) is 9.53 Å². The lowest BCUT2D eigenvalue weighted by Crippen LogP contribution is -2.24. The molecule has 0 bridgehead atoms. The second-order valence-corrected chi connectivity index (χ2v) is 6.15. The molecule has 0 radical (unpaired) electrons. The summed E-state index contributed by atoms with van der Waals surface area (Å²) in [4.78, 5) is 11.3. The van der Waals surface area contributed by atoms with E-state index in [0.717, 1.165) is 6.42 Å². The van der Waals surface area contributed by atoms with Crippen LogP contribution >= 0.6 is 0 Å². The average Bonchev–Trinajstić information content (AvgIpc) is 2.09. The highest BCUT2D eigenvalue weighted by Crippen LogP contribution is 2.29. The molecule has 0 spiro atoms. The molecule has 2 heteroatoms. The highest BCUT2D eigenvalue weighted by molar-refractivity contribution is 5.86. The highest BCUT2D eigenvalue weighted by Gasteiger charge is 2.22. The van der Waals surface area contributed by atoms with Crippen molar-refractivity contribution in [1.29, 1.82) is 0 Å². The van der Waals surface area contributed by atoms with Crippen molar-refractivity contribution in [2.24, 2.45) is 17.3 Å². The summed E-state index contributed by atoms with van der Waals surface area (Å²) in [7, 11) is 0. The van der Waals surface area contributed by atoms with Gasteiger partial charge in [0.25, 0.3) is 0 Å². The molecule has 0 heterocycles. The molecule has 0 N–H and O–H groups in total.